The predicted molar refractivity (Wildman–Crippen MR) is 98.7 cm³/mol. The van der Waals surface area contributed by atoms with Gasteiger partial charge in [-0.1, -0.05) is 24.3 Å². The van der Waals surface area contributed by atoms with Crippen molar-refractivity contribution in [3.63, 3.8) is 0 Å². The van der Waals surface area contributed by atoms with E-state index in [9.17, 15) is 14.7 Å². The molecule has 0 aliphatic rings. The summed E-state index contributed by atoms with van der Waals surface area (Å²) >= 11 is 0. The molecule has 1 atom stereocenters. The van der Waals surface area contributed by atoms with Crippen molar-refractivity contribution in [3.8, 4) is 11.5 Å². The Kier molecular flexibility index (Phi) is 5.33. The highest BCUT2D eigenvalue weighted by Gasteiger charge is 2.20. The number of carbonyl (C=O) groups excluding carboxylic acids is 1. The second-order valence-electron chi connectivity index (χ2n) is 5.94. The van der Waals surface area contributed by atoms with E-state index < -0.39 is 24.5 Å². The molecule has 138 valence electrons. The molecule has 0 aliphatic heterocycles. The zero-order chi connectivity index (χ0) is 19.4. The highest BCUT2D eigenvalue weighted by molar-refractivity contribution is 6.00. The molecular weight excluding hydrogens is 348 g/mol. The van der Waals surface area contributed by atoms with Gasteiger partial charge in [0, 0.05) is 17.1 Å². The third-order valence-electron chi connectivity index (χ3n) is 4.04. The third kappa shape index (κ3) is 4.04. The Bertz CT molecular complexity index is 988. The summed E-state index contributed by atoms with van der Waals surface area (Å²) in [7, 11) is 0. The number of rotatable bonds is 6. The van der Waals surface area contributed by atoms with E-state index in [2.05, 4.69) is 10.3 Å². The number of aliphatic hydroxyl groups is 1. The number of aromatic nitrogens is 1. The zero-order valence-electron chi connectivity index (χ0n) is 14.5. The summed E-state index contributed by atoms with van der Waals surface area (Å²) in [5, 5.41) is 22.3. The van der Waals surface area contributed by atoms with E-state index in [4.69, 9.17) is 9.84 Å². The lowest BCUT2D eigenvalue weighted by atomic mass is 10.0. The maximum absolute atomic E-state index is 12.3. The zero-order valence-corrected chi connectivity index (χ0v) is 14.5. The fraction of sp³-hybridized carbons (Fsp3) is 0.150. The minimum Gasteiger partial charge on any atom is -0.480 e. The SMILES string of the molecule is CC(NC(=O)c1ncc2cc(Oc3ccccc3)ccc2c1CO)C(=O)O. The van der Waals surface area contributed by atoms with Crippen molar-refractivity contribution in [3.05, 3.63) is 66.0 Å². The second-order valence-corrected chi connectivity index (χ2v) is 5.94. The number of benzene rings is 2. The average molecular weight is 366 g/mol. The maximum atomic E-state index is 12.3. The van der Waals surface area contributed by atoms with Crippen molar-refractivity contribution in [1.29, 1.82) is 0 Å². The van der Waals surface area contributed by atoms with Gasteiger partial charge in [-0.15, -0.1) is 0 Å². The number of hydrogen-bond donors (Lipinski definition) is 3. The van der Waals surface area contributed by atoms with Crippen LogP contribution in [0.3, 0.4) is 0 Å². The number of hydrogen-bond acceptors (Lipinski definition) is 5. The molecule has 3 N–H and O–H groups in total. The van der Waals surface area contributed by atoms with Gasteiger partial charge in [-0.2, -0.15) is 0 Å². The maximum Gasteiger partial charge on any atom is 0.325 e. The summed E-state index contributed by atoms with van der Waals surface area (Å²) in [5.41, 5.74) is 0.323. The molecule has 0 radical (unpaired) electrons. The molecule has 1 unspecified atom stereocenters. The molecule has 0 fully saturated rings. The van der Waals surface area contributed by atoms with Crippen molar-refractivity contribution in [2.45, 2.75) is 19.6 Å². The number of carboxylic acid groups (broad SMARTS) is 1. The van der Waals surface area contributed by atoms with E-state index in [1.165, 1.54) is 13.1 Å². The summed E-state index contributed by atoms with van der Waals surface area (Å²) < 4.78 is 5.78. The molecule has 7 heteroatoms. The van der Waals surface area contributed by atoms with Crippen LogP contribution in [0.25, 0.3) is 10.8 Å². The fourth-order valence-electron chi connectivity index (χ4n) is 2.63. The van der Waals surface area contributed by atoms with Gasteiger partial charge in [0.15, 0.2) is 0 Å². The van der Waals surface area contributed by atoms with Crippen LogP contribution in [0.4, 0.5) is 0 Å². The van der Waals surface area contributed by atoms with Crippen LogP contribution in [0.5, 0.6) is 11.5 Å². The first-order valence-corrected chi connectivity index (χ1v) is 8.28. The Balaban J connectivity index is 1.94. The molecule has 0 spiro atoms. The van der Waals surface area contributed by atoms with Gasteiger partial charge in [-0.25, -0.2) is 0 Å². The van der Waals surface area contributed by atoms with E-state index in [1.54, 1.807) is 18.2 Å². The number of nitrogens with zero attached hydrogens (tertiary/aromatic N) is 1. The third-order valence-corrected chi connectivity index (χ3v) is 4.04. The van der Waals surface area contributed by atoms with E-state index in [1.807, 2.05) is 30.3 Å². The topological polar surface area (TPSA) is 109 Å². The van der Waals surface area contributed by atoms with E-state index in [0.29, 0.717) is 27.8 Å². The highest BCUT2D eigenvalue weighted by atomic mass is 16.5. The summed E-state index contributed by atoms with van der Waals surface area (Å²) in [4.78, 5) is 27.4. The summed E-state index contributed by atoms with van der Waals surface area (Å²) in [6.45, 7) is 0.945. The molecule has 27 heavy (non-hydrogen) atoms. The average Bonchev–Trinajstić information content (AvgIpc) is 2.67. The minimum absolute atomic E-state index is 0.00479. The van der Waals surface area contributed by atoms with Crippen LogP contribution in [0.15, 0.2) is 54.7 Å². The second kappa shape index (κ2) is 7.84. The number of ether oxygens (including phenoxy) is 1. The number of carbonyl (C=O) groups is 2. The van der Waals surface area contributed by atoms with Gasteiger partial charge in [-0.05, 0) is 36.6 Å². The van der Waals surface area contributed by atoms with Gasteiger partial charge >= 0.3 is 5.97 Å². The van der Waals surface area contributed by atoms with Gasteiger partial charge in [0.2, 0.25) is 0 Å². The van der Waals surface area contributed by atoms with Crippen LogP contribution in [0.2, 0.25) is 0 Å². The van der Waals surface area contributed by atoms with Gasteiger partial charge in [-0.3, -0.25) is 14.6 Å². The number of amides is 1. The number of para-hydroxylation sites is 1. The molecule has 1 heterocycles. The summed E-state index contributed by atoms with van der Waals surface area (Å²) in [5.74, 6) is -0.528. The highest BCUT2D eigenvalue weighted by Crippen LogP contribution is 2.28. The van der Waals surface area contributed by atoms with Crippen molar-refractivity contribution in [2.75, 3.05) is 0 Å². The number of fused-ring (bicyclic) bond motifs is 1. The Hall–Kier alpha value is -3.45. The summed E-state index contributed by atoms with van der Waals surface area (Å²) in [6, 6.07) is 13.4. The molecular formula is C20H18N2O5. The molecule has 2 aromatic carbocycles. The molecule has 0 saturated carbocycles. The van der Waals surface area contributed by atoms with E-state index in [-0.39, 0.29) is 5.69 Å². The fourth-order valence-corrected chi connectivity index (χ4v) is 2.63. The van der Waals surface area contributed by atoms with Crippen molar-refractivity contribution in [1.82, 2.24) is 10.3 Å². The monoisotopic (exact) mass is 366 g/mol. The van der Waals surface area contributed by atoms with Crippen LogP contribution in [-0.4, -0.2) is 33.1 Å². The van der Waals surface area contributed by atoms with Gasteiger partial charge in [0.1, 0.15) is 23.2 Å². The molecule has 3 rings (SSSR count). The molecule has 0 saturated heterocycles. The number of carboxylic acids is 1. The van der Waals surface area contributed by atoms with Crippen molar-refractivity contribution in [2.24, 2.45) is 0 Å². The molecule has 0 bridgehead atoms. The molecule has 1 aromatic heterocycles. The Morgan fingerprint density at radius 3 is 2.56 bits per heavy atom. The molecule has 1 amide bonds. The predicted octanol–water partition coefficient (Wildman–Crippen LogP) is 2.72. The Labute approximate surface area is 155 Å². The van der Waals surface area contributed by atoms with Crippen LogP contribution in [-0.2, 0) is 11.4 Å². The largest absolute Gasteiger partial charge is 0.480 e. The molecule has 3 aromatic rings. The van der Waals surface area contributed by atoms with Gasteiger partial charge in [0.05, 0.1) is 6.61 Å². The standard InChI is InChI=1S/C20H18N2O5/c1-12(20(25)26)22-19(24)18-17(11-23)16-8-7-15(9-13(16)10-21-18)27-14-5-3-2-4-6-14/h2-10,12,23H,11H2,1H3,(H,22,24)(H,25,26). The Morgan fingerprint density at radius 2 is 1.89 bits per heavy atom. The minimum atomic E-state index is -1.16. The van der Waals surface area contributed by atoms with Crippen LogP contribution in [0.1, 0.15) is 23.0 Å². The number of aliphatic hydroxyl groups excluding tert-OH is 1. The number of aliphatic carboxylic acids is 1. The van der Waals surface area contributed by atoms with Crippen LogP contribution >= 0.6 is 0 Å². The lowest BCUT2D eigenvalue weighted by Gasteiger charge is -2.13. The first-order valence-electron chi connectivity index (χ1n) is 8.28. The van der Waals surface area contributed by atoms with E-state index in [0.717, 1.165) is 0 Å². The van der Waals surface area contributed by atoms with E-state index >= 15 is 0 Å². The normalized spacial score (nSPS) is 11.8. The van der Waals surface area contributed by atoms with Crippen LogP contribution in [0, 0.1) is 0 Å². The molecule has 7 nitrogen and oxygen atoms in total. The Morgan fingerprint density at radius 1 is 1.15 bits per heavy atom. The van der Waals surface area contributed by atoms with Gasteiger partial charge < -0.3 is 20.3 Å². The van der Waals surface area contributed by atoms with Crippen LogP contribution < -0.4 is 10.1 Å². The summed E-state index contributed by atoms with van der Waals surface area (Å²) in [6.07, 6.45) is 1.49. The van der Waals surface area contributed by atoms with Crippen molar-refractivity contribution >= 4 is 22.6 Å². The lowest BCUT2D eigenvalue weighted by Crippen LogP contribution is -2.39. The smallest absolute Gasteiger partial charge is 0.325 e. The van der Waals surface area contributed by atoms with Crippen molar-refractivity contribution < 1.29 is 24.5 Å². The quantitative estimate of drug-likeness (QED) is 0.619. The van der Waals surface area contributed by atoms with Gasteiger partial charge in [0.25, 0.3) is 5.91 Å². The first kappa shape index (κ1) is 18.3. The lowest BCUT2D eigenvalue weighted by molar-refractivity contribution is -0.138. The molecule has 0 aliphatic carbocycles. The number of pyridine rings is 1. The first-order chi connectivity index (χ1) is 13.0. The number of nitrogens with one attached hydrogen (secondary N) is 1.